The maximum absolute atomic E-state index is 12.4. The zero-order chi connectivity index (χ0) is 19.7. The van der Waals surface area contributed by atoms with Gasteiger partial charge in [-0.2, -0.15) is 0 Å². The fourth-order valence-corrected chi connectivity index (χ4v) is 4.31. The van der Waals surface area contributed by atoms with Gasteiger partial charge in [0.2, 0.25) is 0 Å². The first-order valence-electron chi connectivity index (χ1n) is 9.66. The number of aryl methyl sites for hydroxylation is 1. The lowest BCUT2D eigenvalue weighted by atomic mass is 9.76. The molecule has 0 radical (unpaired) electrons. The largest absolute Gasteiger partial charge is 0.481 e. The van der Waals surface area contributed by atoms with Crippen molar-refractivity contribution in [3.63, 3.8) is 0 Å². The van der Waals surface area contributed by atoms with Crippen molar-refractivity contribution in [2.45, 2.75) is 31.7 Å². The lowest BCUT2D eigenvalue weighted by Gasteiger charge is -2.37. The molecule has 28 heavy (non-hydrogen) atoms. The molecule has 0 fully saturated rings. The molecule has 2 aromatic carbocycles. The van der Waals surface area contributed by atoms with E-state index in [2.05, 4.69) is 54.0 Å². The molecule has 4 rings (SSSR count). The third-order valence-electron chi connectivity index (χ3n) is 5.65. The highest BCUT2D eigenvalue weighted by Gasteiger charge is 2.38. The second-order valence-corrected chi connectivity index (χ2v) is 7.59. The van der Waals surface area contributed by atoms with Gasteiger partial charge in [0.15, 0.2) is 0 Å². The van der Waals surface area contributed by atoms with Gasteiger partial charge in [-0.15, -0.1) is 0 Å². The Hall–Kier alpha value is -3.08. The van der Waals surface area contributed by atoms with Gasteiger partial charge in [0, 0.05) is 23.7 Å². The highest BCUT2D eigenvalue weighted by Crippen LogP contribution is 2.49. The molecule has 5 heteroatoms. The second-order valence-electron chi connectivity index (χ2n) is 7.59. The van der Waals surface area contributed by atoms with Crippen molar-refractivity contribution in [3.8, 4) is 0 Å². The molecule has 3 atom stereocenters. The van der Waals surface area contributed by atoms with Gasteiger partial charge < -0.3 is 15.7 Å². The number of carboxylic acids is 1. The molecule has 3 N–H and O–H groups in total. The van der Waals surface area contributed by atoms with Crippen LogP contribution in [0.2, 0.25) is 0 Å². The van der Waals surface area contributed by atoms with E-state index in [9.17, 15) is 9.59 Å². The van der Waals surface area contributed by atoms with Gasteiger partial charge in [-0.25, -0.2) is 0 Å². The molecular formula is C23H24N2O3. The maximum atomic E-state index is 12.4. The fourth-order valence-electron chi connectivity index (χ4n) is 4.31. The van der Waals surface area contributed by atoms with Crippen molar-refractivity contribution in [1.29, 1.82) is 0 Å². The van der Waals surface area contributed by atoms with Crippen LogP contribution < -0.4 is 10.6 Å². The van der Waals surface area contributed by atoms with E-state index in [0.29, 0.717) is 11.5 Å². The number of amides is 1. The molecule has 1 aliphatic carbocycles. The molecule has 0 aromatic heterocycles. The molecule has 0 unspecified atom stereocenters. The fraction of sp³-hybridized carbons (Fsp3) is 0.304. The quantitative estimate of drug-likeness (QED) is 0.689. The van der Waals surface area contributed by atoms with Crippen molar-refractivity contribution >= 4 is 17.6 Å². The summed E-state index contributed by atoms with van der Waals surface area (Å²) < 4.78 is 0. The number of anilines is 1. The number of aliphatic carboxylic acids is 1. The molecule has 1 heterocycles. The average molecular weight is 376 g/mol. The number of carboxylic acid groups (broad SMARTS) is 1. The molecule has 0 spiro atoms. The summed E-state index contributed by atoms with van der Waals surface area (Å²) in [5.74, 6) is -0.465. The number of fused-ring (bicyclic) bond motifs is 3. The van der Waals surface area contributed by atoms with Crippen molar-refractivity contribution in [1.82, 2.24) is 5.32 Å². The Morgan fingerprint density at radius 3 is 2.86 bits per heavy atom. The van der Waals surface area contributed by atoms with Crippen LogP contribution in [-0.2, 0) is 4.79 Å². The number of nitrogens with one attached hydrogen (secondary N) is 2. The normalized spacial score (nSPS) is 22.1. The highest BCUT2D eigenvalue weighted by molar-refractivity contribution is 5.95. The van der Waals surface area contributed by atoms with E-state index in [1.807, 2.05) is 12.1 Å². The second kappa shape index (κ2) is 7.50. The Kier molecular flexibility index (Phi) is 4.90. The first-order valence-corrected chi connectivity index (χ1v) is 9.66. The van der Waals surface area contributed by atoms with Crippen LogP contribution in [0, 0.1) is 12.8 Å². The van der Waals surface area contributed by atoms with Gasteiger partial charge in [0.05, 0.1) is 12.5 Å². The van der Waals surface area contributed by atoms with E-state index >= 15 is 0 Å². The Labute approximate surface area is 164 Å². The number of benzene rings is 2. The number of carbonyl (C=O) groups is 2. The van der Waals surface area contributed by atoms with Crippen molar-refractivity contribution in [2.24, 2.45) is 5.92 Å². The van der Waals surface area contributed by atoms with Crippen LogP contribution in [0.15, 0.2) is 54.6 Å². The van der Waals surface area contributed by atoms with E-state index in [1.54, 1.807) is 6.07 Å². The molecule has 1 amide bonds. The Morgan fingerprint density at radius 2 is 2.07 bits per heavy atom. The summed E-state index contributed by atoms with van der Waals surface area (Å²) in [5, 5.41) is 15.1. The summed E-state index contributed by atoms with van der Waals surface area (Å²) in [6, 6.07) is 14.6. The Bertz CT molecular complexity index is 951. The number of carbonyl (C=O) groups excluding carboxylic acids is 1. The standard InChI is InChI=1S/C23H24N2O3/c1-14-4-2-5-15(12-14)22-18-7-3-6-17(18)19-13-16(8-9-20(19)25-22)23(28)24-11-10-21(26)27/h2-6,8-9,12-13,17-18,22,25H,7,10-11H2,1H3,(H,24,28)(H,26,27)/t17-,18+,22+/m1/s1. The molecular weight excluding hydrogens is 352 g/mol. The van der Waals surface area contributed by atoms with Crippen LogP contribution in [0.3, 0.4) is 0 Å². The minimum atomic E-state index is -0.920. The predicted molar refractivity (Wildman–Crippen MR) is 109 cm³/mol. The SMILES string of the molecule is Cc1cccc([C@@H]2Nc3ccc(C(=O)NCCC(=O)O)cc3[C@@H]3C=CC[C@@H]32)c1. The summed E-state index contributed by atoms with van der Waals surface area (Å²) in [5.41, 5.74) is 5.30. The van der Waals surface area contributed by atoms with Crippen molar-refractivity contribution in [2.75, 3.05) is 11.9 Å². The first kappa shape index (κ1) is 18.3. The van der Waals surface area contributed by atoms with Crippen molar-refractivity contribution in [3.05, 3.63) is 76.9 Å². The van der Waals surface area contributed by atoms with Gasteiger partial charge in [0.1, 0.15) is 0 Å². The summed E-state index contributed by atoms with van der Waals surface area (Å²) >= 11 is 0. The van der Waals surface area contributed by atoms with E-state index in [0.717, 1.165) is 17.7 Å². The van der Waals surface area contributed by atoms with Crippen LogP contribution >= 0.6 is 0 Å². The van der Waals surface area contributed by atoms with Gasteiger partial charge >= 0.3 is 5.97 Å². The van der Waals surface area contributed by atoms with E-state index in [-0.39, 0.29) is 30.8 Å². The van der Waals surface area contributed by atoms with Crippen LogP contribution in [0.1, 0.15) is 51.8 Å². The predicted octanol–water partition coefficient (Wildman–Crippen LogP) is 4.03. The lowest BCUT2D eigenvalue weighted by molar-refractivity contribution is -0.136. The Balaban J connectivity index is 1.60. The summed E-state index contributed by atoms with van der Waals surface area (Å²) in [6.45, 7) is 2.24. The molecule has 0 bridgehead atoms. The molecule has 5 nitrogen and oxygen atoms in total. The average Bonchev–Trinajstić information content (AvgIpc) is 3.16. The van der Waals surface area contributed by atoms with Gasteiger partial charge in [0.25, 0.3) is 5.91 Å². The number of hydrogen-bond acceptors (Lipinski definition) is 3. The minimum absolute atomic E-state index is 0.0795. The van der Waals surface area contributed by atoms with E-state index in [1.165, 1.54) is 11.1 Å². The van der Waals surface area contributed by atoms with Crippen molar-refractivity contribution < 1.29 is 14.7 Å². The summed E-state index contributed by atoms with van der Waals surface area (Å²) in [7, 11) is 0. The Morgan fingerprint density at radius 1 is 1.21 bits per heavy atom. The smallest absolute Gasteiger partial charge is 0.305 e. The third-order valence-corrected chi connectivity index (χ3v) is 5.65. The zero-order valence-electron chi connectivity index (χ0n) is 15.8. The summed E-state index contributed by atoms with van der Waals surface area (Å²) in [6.07, 6.45) is 5.41. The van der Waals surface area contributed by atoms with Crippen LogP contribution in [0.25, 0.3) is 0 Å². The van der Waals surface area contributed by atoms with E-state index < -0.39 is 5.97 Å². The third kappa shape index (κ3) is 3.52. The van der Waals surface area contributed by atoms with Crippen LogP contribution in [0.5, 0.6) is 0 Å². The molecule has 2 aliphatic rings. The van der Waals surface area contributed by atoms with Crippen LogP contribution in [-0.4, -0.2) is 23.5 Å². The monoisotopic (exact) mass is 376 g/mol. The molecule has 0 saturated heterocycles. The number of hydrogen-bond donors (Lipinski definition) is 3. The van der Waals surface area contributed by atoms with Gasteiger partial charge in [-0.05, 0) is 48.6 Å². The molecule has 1 aliphatic heterocycles. The molecule has 2 aromatic rings. The van der Waals surface area contributed by atoms with Gasteiger partial charge in [-0.3, -0.25) is 9.59 Å². The topological polar surface area (TPSA) is 78.4 Å². The lowest BCUT2D eigenvalue weighted by Crippen LogP contribution is -2.30. The zero-order valence-corrected chi connectivity index (χ0v) is 15.8. The highest BCUT2D eigenvalue weighted by atomic mass is 16.4. The number of allylic oxidation sites excluding steroid dienone is 2. The summed E-state index contributed by atoms with van der Waals surface area (Å²) in [4.78, 5) is 23.0. The molecule has 144 valence electrons. The minimum Gasteiger partial charge on any atom is -0.481 e. The van der Waals surface area contributed by atoms with E-state index in [4.69, 9.17) is 5.11 Å². The number of rotatable bonds is 5. The van der Waals surface area contributed by atoms with Gasteiger partial charge in [-0.1, -0.05) is 42.0 Å². The van der Waals surface area contributed by atoms with Crippen LogP contribution in [0.4, 0.5) is 5.69 Å². The molecule has 0 saturated carbocycles. The first-order chi connectivity index (χ1) is 13.5. The maximum Gasteiger partial charge on any atom is 0.305 e.